The third-order valence-electron chi connectivity index (χ3n) is 1.01. The Bertz CT molecular complexity index is 241. The topological polar surface area (TPSA) is 26.0 Å². The second-order valence-corrected chi connectivity index (χ2v) is 3.82. The van der Waals surface area contributed by atoms with Crippen molar-refractivity contribution < 1.29 is 4.39 Å². The summed E-state index contributed by atoms with van der Waals surface area (Å²) in [5.41, 5.74) is 5.99. The van der Waals surface area contributed by atoms with Crippen molar-refractivity contribution in [1.82, 2.24) is 0 Å². The molecule has 1 aromatic rings. The maximum atomic E-state index is 12.8. The van der Waals surface area contributed by atoms with Crippen LogP contribution in [-0.4, -0.2) is 0 Å². The minimum absolute atomic E-state index is 0.255. The van der Waals surface area contributed by atoms with Crippen LogP contribution in [0.3, 0.4) is 0 Å². The van der Waals surface area contributed by atoms with Gasteiger partial charge in [-0.1, -0.05) is 0 Å². The maximum Gasteiger partial charge on any atom is 0.150 e. The van der Waals surface area contributed by atoms with Crippen LogP contribution in [0.15, 0.2) is 16.6 Å². The SMILES string of the molecule is Nc1cc(Br)c(F)c(I)c1. The van der Waals surface area contributed by atoms with Gasteiger partial charge >= 0.3 is 0 Å². The summed E-state index contributed by atoms with van der Waals surface area (Å²) in [6.07, 6.45) is 0. The van der Waals surface area contributed by atoms with Gasteiger partial charge in [-0.2, -0.15) is 0 Å². The molecule has 0 saturated carbocycles. The van der Waals surface area contributed by atoms with Gasteiger partial charge in [0.05, 0.1) is 8.04 Å². The Balaban J connectivity index is 3.31. The first-order chi connectivity index (χ1) is 4.61. The first-order valence-corrected chi connectivity index (χ1v) is 4.38. The van der Waals surface area contributed by atoms with E-state index in [1.807, 2.05) is 22.6 Å². The predicted octanol–water partition coefficient (Wildman–Crippen LogP) is 2.78. The molecule has 0 aliphatic heterocycles. The molecule has 0 spiro atoms. The van der Waals surface area contributed by atoms with Crippen molar-refractivity contribution >= 4 is 44.2 Å². The molecule has 54 valence electrons. The molecule has 2 N–H and O–H groups in total. The van der Waals surface area contributed by atoms with Gasteiger partial charge in [-0.25, -0.2) is 4.39 Å². The van der Waals surface area contributed by atoms with Gasteiger partial charge in [0.25, 0.3) is 0 Å². The lowest BCUT2D eigenvalue weighted by molar-refractivity contribution is 0.614. The molecule has 0 heterocycles. The maximum absolute atomic E-state index is 12.8. The molecule has 0 fully saturated rings. The number of benzene rings is 1. The van der Waals surface area contributed by atoms with Crippen molar-refractivity contribution in [3.63, 3.8) is 0 Å². The highest BCUT2D eigenvalue weighted by molar-refractivity contribution is 14.1. The van der Waals surface area contributed by atoms with Gasteiger partial charge in [0.15, 0.2) is 5.82 Å². The summed E-state index contributed by atoms with van der Waals surface area (Å²) >= 11 is 4.93. The fourth-order valence-electron chi connectivity index (χ4n) is 0.575. The number of anilines is 1. The Hall–Kier alpha value is 0.160. The molecule has 0 amide bonds. The molecule has 0 unspecified atom stereocenters. The molecule has 0 radical (unpaired) electrons. The minimum atomic E-state index is -0.255. The highest BCUT2D eigenvalue weighted by Gasteiger charge is 2.03. The average Bonchev–Trinajstić information content (AvgIpc) is 1.82. The van der Waals surface area contributed by atoms with Gasteiger partial charge in [0.1, 0.15) is 0 Å². The zero-order chi connectivity index (χ0) is 7.72. The van der Waals surface area contributed by atoms with Gasteiger partial charge in [-0.15, -0.1) is 0 Å². The molecule has 0 aliphatic rings. The number of hydrogen-bond donors (Lipinski definition) is 1. The average molecular weight is 316 g/mol. The smallest absolute Gasteiger partial charge is 0.150 e. The van der Waals surface area contributed by atoms with E-state index in [1.54, 1.807) is 6.07 Å². The van der Waals surface area contributed by atoms with Gasteiger partial charge in [-0.05, 0) is 50.7 Å². The van der Waals surface area contributed by atoms with Crippen molar-refractivity contribution in [3.8, 4) is 0 Å². The number of halogens is 3. The Morgan fingerprint density at radius 3 is 2.60 bits per heavy atom. The number of nitrogens with two attached hydrogens (primary N) is 1. The van der Waals surface area contributed by atoms with E-state index in [1.165, 1.54) is 6.07 Å². The molecule has 1 rings (SSSR count). The predicted molar refractivity (Wildman–Crippen MR) is 51.2 cm³/mol. The Kier molecular flexibility index (Phi) is 2.51. The molecule has 1 aromatic carbocycles. The number of rotatable bonds is 0. The van der Waals surface area contributed by atoms with Gasteiger partial charge < -0.3 is 5.73 Å². The largest absolute Gasteiger partial charge is 0.399 e. The zero-order valence-corrected chi connectivity index (χ0v) is 8.61. The number of nitrogen functional groups attached to an aromatic ring is 1. The molecule has 4 heteroatoms. The molecule has 0 atom stereocenters. The summed E-state index contributed by atoms with van der Waals surface area (Å²) in [6.45, 7) is 0. The Morgan fingerprint density at radius 1 is 1.50 bits per heavy atom. The van der Waals surface area contributed by atoms with E-state index in [0.29, 0.717) is 13.7 Å². The summed E-state index contributed by atoms with van der Waals surface area (Å²) in [4.78, 5) is 0. The van der Waals surface area contributed by atoms with Gasteiger partial charge in [-0.3, -0.25) is 0 Å². The lowest BCUT2D eigenvalue weighted by atomic mass is 10.3. The summed E-state index contributed by atoms with van der Waals surface area (Å²) in [6, 6.07) is 3.12. The molecule has 0 aliphatic carbocycles. The quantitative estimate of drug-likeness (QED) is 0.445. The monoisotopic (exact) mass is 315 g/mol. The van der Waals surface area contributed by atoms with E-state index in [9.17, 15) is 4.39 Å². The van der Waals surface area contributed by atoms with Crippen molar-refractivity contribution in [2.24, 2.45) is 0 Å². The van der Waals surface area contributed by atoms with E-state index in [2.05, 4.69) is 15.9 Å². The number of hydrogen-bond acceptors (Lipinski definition) is 1. The van der Waals surface area contributed by atoms with Crippen LogP contribution in [0, 0.1) is 9.39 Å². The van der Waals surface area contributed by atoms with Crippen LogP contribution in [0.25, 0.3) is 0 Å². The molecule has 0 saturated heterocycles. The third kappa shape index (κ3) is 1.60. The molecule has 0 aromatic heterocycles. The van der Waals surface area contributed by atoms with Crippen LogP contribution in [-0.2, 0) is 0 Å². The van der Waals surface area contributed by atoms with Crippen LogP contribution >= 0.6 is 38.5 Å². The molecular weight excluding hydrogens is 312 g/mol. The van der Waals surface area contributed by atoms with Crippen molar-refractivity contribution in [3.05, 3.63) is 26.0 Å². The van der Waals surface area contributed by atoms with Crippen LogP contribution < -0.4 is 5.73 Å². The molecular formula is C6H4BrFIN. The summed E-state index contributed by atoms with van der Waals surface area (Å²) in [7, 11) is 0. The van der Waals surface area contributed by atoms with Crippen LogP contribution in [0.5, 0.6) is 0 Å². The molecule has 1 nitrogen and oxygen atoms in total. The van der Waals surface area contributed by atoms with E-state index < -0.39 is 0 Å². The highest BCUT2D eigenvalue weighted by atomic mass is 127. The minimum Gasteiger partial charge on any atom is -0.399 e. The summed E-state index contributed by atoms with van der Waals surface area (Å²) in [5, 5.41) is 0. The van der Waals surface area contributed by atoms with Crippen LogP contribution in [0.2, 0.25) is 0 Å². The Morgan fingerprint density at radius 2 is 2.10 bits per heavy atom. The van der Waals surface area contributed by atoms with E-state index in [-0.39, 0.29) is 5.82 Å². The summed E-state index contributed by atoms with van der Waals surface area (Å²) in [5.74, 6) is -0.255. The second-order valence-electron chi connectivity index (χ2n) is 1.80. The lowest BCUT2D eigenvalue weighted by Gasteiger charge is -1.98. The van der Waals surface area contributed by atoms with E-state index in [0.717, 1.165) is 0 Å². The van der Waals surface area contributed by atoms with Crippen molar-refractivity contribution in [1.29, 1.82) is 0 Å². The standard InChI is InChI=1S/C6H4BrFIN/c7-4-1-3(10)2-5(9)6(4)8/h1-2H,10H2. The first-order valence-electron chi connectivity index (χ1n) is 2.51. The van der Waals surface area contributed by atoms with Crippen molar-refractivity contribution in [2.45, 2.75) is 0 Å². The Labute approximate surface area is 80.1 Å². The highest BCUT2D eigenvalue weighted by Crippen LogP contribution is 2.23. The van der Waals surface area contributed by atoms with Gasteiger partial charge in [0.2, 0.25) is 0 Å². The van der Waals surface area contributed by atoms with E-state index >= 15 is 0 Å². The fraction of sp³-hybridized carbons (Fsp3) is 0. The second kappa shape index (κ2) is 3.04. The molecule has 0 bridgehead atoms. The first kappa shape index (κ1) is 8.26. The molecule has 10 heavy (non-hydrogen) atoms. The van der Waals surface area contributed by atoms with Gasteiger partial charge in [0, 0.05) is 5.69 Å². The van der Waals surface area contributed by atoms with Crippen LogP contribution in [0.4, 0.5) is 10.1 Å². The fourth-order valence-corrected chi connectivity index (χ4v) is 2.07. The third-order valence-corrected chi connectivity index (χ3v) is 2.37. The zero-order valence-electron chi connectivity index (χ0n) is 4.87. The normalized spacial score (nSPS) is 9.90. The van der Waals surface area contributed by atoms with Crippen LogP contribution in [0.1, 0.15) is 0 Å². The lowest BCUT2D eigenvalue weighted by Crippen LogP contribution is -1.89. The van der Waals surface area contributed by atoms with E-state index in [4.69, 9.17) is 5.73 Å². The summed E-state index contributed by atoms with van der Waals surface area (Å²) < 4.78 is 13.7. The van der Waals surface area contributed by atoms with Crippen molar-refractivity contribution in [2.75, 3.05) is 5.73 Å².